The molecule has 0 radical (unpaired) electrons. The first-order chi connectivity index (χ1) is 5.83. The Kier molecular flexibility index (Phi) is 2.05. The first-order valence-corrected chi connectivity index (χ1v) is 4.80. The molecule has 2 rings (SSSR count). The van der Waals surface area contributed by atoms with Crippen LogP contribution in [0, 0.1) is 0 Å². The van der Waals surface area contributed by atoms with Crippen LogP contribution in [0.15, 0.2) is 16.7 Å². The molecule has 0 aliphatic heterocycles. The highest BCUT2D eigenvalue weighted by Gasteiger charge is 2.26. The minimum atomic E-state index is 0.694. The minimum absolute atomic E-state index is 0.694. The summed E-state index contributed by atoms with van der Waals surface area (Å²) in [5.74, 6) is 1.43. The van der Waals surface area contributed by atoms with Gasteiger partial charge in [0.2, 0.25) is 5.88 Å². The molecule has 0 unspecified atom stereocenters. The minimum Gasteiger partial charge on any atom is -0.480 e. The van der Waals surface area contributed by atoms with Crippen molar-refractivity contribution in [2.24, 2.45) is 0 Å². The Bertz CT molecular complexity index is 297. The molecule has 0 amide bonds. The van der Waals surface area contributed by atoms with Gasteiger partial charge in [0, 0.05) is 6.20 Å². The Morgan fingerprint density at radius 3 is 2.92 bits per heavy atom. The summed E-state index contributed by atoms with van der Waals surface area (Å²) in [7, 11) is 1.64. The smallest absolute Gasteiger partial charge is 0.227 e. The third kappa shape index (κ3) is 1.33. The number of hydrogen-bond acceptors (Lipinski definition) is 2. The molecule has 0 aromatic carbocycles. The second-order valence-corrected chi connectivity index (χ2v) is 3.79. The van der Waals surface area contributed by atoms with Crippen molar-refractivity contribution in [1.29, 1.82) is 0 Å². The number of nitrogens with zero attached hydrogens (tertiary/aromatic N) is 1. The summed E-state index contributed by atoms with van der Waals surface area (Å²) >= 11 is 3.49. The molecule has 12 heavy (non-hydrogen) atoms. The lowest BCUT2D eigenvalue weighted by Gasteiger charge is -2.05. The van der Waals surface area contributed by atoms with Crippen LogP contribution in [0.2, 0.25) is 0 Å². The van der Waals surface area contributed by atoms with E-state index in [9.17, 15) is 0 Å². The van der Waals surface area contributed by atoms with Crippen molar-refractivity contribution in [3.05, 3.63) is 22.3 Å². The van der Waals surface area contributed by atoms with Gasteiger partial charge in [0.1, 0.15) is 0 Å². The van der Waals surface area contributed by atoms with E-state index in [0.717, 1.165) is 10.4 Å². The van der Waals surface area contributed by atoms with Crippen molar-refractivity contribution in [3.8, 4) is 5.88 Å². The maximum atomic E-state index is 5.11. The Hall–Kier alpha value is -0.570. The second-order valence-electron chi connectivity index (χ2n) is 3.00. The monoisotopic (exact) mass is 227 g/mol. The molecule has 0 saturated heterocycles. The topological polar surface area (TPSA) is 22.1 Å². The predicted molar refractivity (Wildman–Crippen MR) is 50.5 cm³/mol. The Morgan fingerprint density at radius 1 is 1.58 bits per heavy atom. The Labute approximate surface area is 80.1 Å². The number of hydrogen-bond donors (Lipinski definition) is 0. The molecule has 1 aromatic rings. The van der Waals surface area contributed by atoms with Gasteiger partial charge in [-0.2, -0.15) is 0 Å². The Balaban J connectivity index is 2.40. The van der Waals surface area contributed by atoms with E-state index in [1.165, 1.54) is 18.4 Å². The summed E-state index contributed by atoms with van der Waals surface area (Å²) in [6, 6.07) is 2.06. The van der Waals surface area contributed by atoms with Crippen molar-refractivity contribution in [1.82, 2.24) is 4.98 Å². The van der Waals surface area contributed by atoms with Crippen LogP contribution in [0.3, 0.4) is 0 Å². The SMILES string of the molecule is COc1nccc(C2CC2)c1Br. The van der Waals surface area contributed by atoms with Crippen LogP contribution in [-0.4, -0.2) is 12.1 Å². The molecule has 1 fully saturated rings. The molecule has 64 valence electrons. The molecule has 2 nitrogen and oxygen atoms in total. The van der Waals surface area contributed by atoms with Crippen LogP contribution in [0.25, 0.3) is 0 Å². The van der Waals surface area contributed by atoms with Crippen molar-refractivity contribution in [2.45, 2.75) is 18.8 Å². The molecule has 1 heterocycles. The summed E-state index contributed by atoms with van der Waals surface area (Å²) in [6.45, 7) is 0. The Morgan fingerprint density at radius 2 is 2.33 bits per heavy atom. The van der Waals surface area contributed by atoms with E-state index in [1.54, 1.807) is 13.3 Å². The van der Waals surface area contributed by atoms with Gasteiger partial charge in [0.15, 0.2) is 0 Å². The van der Waals surface area contributed by atoms with E-state index in [1.807, 2.05) is 0 Å². The molecular weight excluding hydrogens is 218 g/mol. The number of aromatic nitrogens is 1. The fourth-order valence-electron chi connectivity index (χ4n) is 1.29. The molecule has 0 atom stereocenters. The van der Waals surface area contributed by atoms with Gasteiger partial charge >= 0.3 is 0 Å². The third-order valence-electron chi connectivity index (χ3n) is 2.10. The first-order valence-electron chi connectivity index (χ1n) is 4.01. The normalized spacial score (nSPS) is 16.2. The predicted octanol–water partition coefficient (Wildman–Crippen LogP) is 2.73. The van der Waals surface area contributed by atoms with E-state index < -0.39 is 0 Å². The number of methoxy groups -OCH3 is 1. The van der Waals surface area contributed by atoms with Gasteiger partial charge in [-0.1, -0.05) is 0 Å². The molecule has 1 saturated carbocycles. The standard InChI is InChI=1S/C9H10BrNO/c1-12-9-8(10)7(4-5-11-9)6-2-3-6/h4-6H,2-3H2,1H3. The molecule has 1 aliphatic carbocycles. The van der Waals surface area contributed by atoms with Gasteiger partial charge in [-0.05, 0) is 46.3 Å². The molecule has 0 spiro atoms. The van der Waals surface area contributed by atoms with Gasteiger partial charge in [0.25, 0.3) is 0 Å². The third-order valence-corrected chi connectivity index (χ3v) is 2.89. The van der Waals surface area contributed by atoms with Crippen LogP contribution < -0.4 is 4.74 Å². The second kappa shape index (κ2) is 3.05. The van der Waals surface area contributed by atoms with E-state index in [-0.39, 0.29) is 0 Å². The van der Waals surface area contributed by atoms with Crippen LogP contribution >= 0.6 is 15.9 Å². The lowest BCUT2D eigenvalue weighted by atomic mass is 10.2. The maximum Gasteiger partial charge on any atom is 0.227 e. The number of ether oxygens (including phenoxy) is 1. The quantitative estimate of drug-likeness (QED) is 0.776. The molecular formula is C9H10BrNO. The summed E-state index contributed by atoms with van der Waals surface area (Å²) in [5.41, 5.74) is 1.34. The van der Waals surface area contributed by atoms with Gasteiger partial charge < -0.3 is 4.74 Å². The molecule has 1 aliphatic rings. The zero-order valence-electron chi connectivity index (χ0n) is 6.88. The van der Waals surface area contributed by atoms with Crippen molar-refractivity contribution >= 4 is 15.9 Å². The van der Waals surface area contributed by atoms with Crippen molar-refractivity contribution < 1.29 is 4.74 Å². The molecule has 1 aromatic heterocycles. The fourth-order valence-corrected chi connectivity index (χ4v) is 2.01. The summed E-state index contributed by atoms with van der Waals surface area (Å²) in [6.07, 6.45) is 4.40. The zero-order valence-corrected chi connectivity index (χ0v) is 8.47. The van der Waals surface area contributed by atoms with Gasteiger partial charge in [-0.25, -0.2) is 4.98 Å². The van der Waals surface area contributed by atoms with E-state index in [0.29, 0.717) is 5.88 Å². The van der Waals surface area contributed by atoms with E-state index >= 15 is 0 Å². The number of rotatable bonds is 2. The highest BCUT2D eigenvalue weighted by molar-refractivity contribution is 9.10. The van der Waals surface area contributed by atoms with Gasteiger partial charge in [-0.3, -0.25) is 0 Å². The summed E-state index contributed by atoms with van der Waals surface area (Å²) in [4.78, 5) is 4.10. The van der Waals surface area contributed by atoms with Crippen molar-refractivity contribution in [2.75, 3.05) is 7.11 Å². The van der Waals surface area contributed by atoms with Gasteiger partial charge in [0.05, 0.1) is 11.6 Å². The highest BCUT2D eigenvalue weighted by atomic mass is 79.9. The van der Waals surface area contributed by atoms with Crippen LogP contribution in [0.4, 0.5) is 0 Å². The largest absolute Gasteiger partial charge is 0.480 e. The fraction of sp³-hybridized carbons (Fsp3) is 0.444. The van der Waals surface area contributed by atoms with E-state index in [4.69, 9.17) is 4.74 Å². The molecule has 0 N–H and O–H groups in total. The number of halogens is 1. The maximum absolute atomic E-state index is 5.11. The van der Waals surface area contributed by atoms with Crippen LogP contribution in [-0.2, 0) is 0 Å². The number of pyridine rings is 1. The van der Waals surface area contributed by atoms with Gasteiger partial charge in [-0.15, -0.1) is 0 Å². The van der Waals surface area contributed by atoms with E-state index in [2.05, 4.69) is 27.0 Å². The van der Waals surface area contributed by atoms with Crippen LogP contribution in [0.5, 0.6) is 5.88 Å². The van der Waals surface area contributed by atoms with Crippen molar-refractivity contribution in [3.63, 3.8) is 0 Å². The average Bonchev–Trinajstić information content (AvgIpc) is 2.88. The van der Waals surface area contributed by atoms with Crippen LogP contribution in [0.1, 0.15) is 24.3 Å². The summed E-state index contributed by atoms with van der Waals surface area (Å²) in [5, 5.41) is 0. The lowest BCUT2D eigenvalue weighted by molar-refractivity contribution is 0.394. The average molecular weight is 228 g/mol. The lowest BCUT2D eigenvalue weighted by Crippen LogP contribution is -1.91. The molecule has 0 bridgehead atoms. The summed E-state index contributed by atoms with van der Waals surface area (Å²) < 4.78 is 6.13. The highest BCUT2D eigenvalue weighted by Crippen LogP contribution is 2.44. The first kappa shape index (κ1) is 8.05. The molecule has 3 heteroatoms. The zero-order chi connectivity index (χ0) is 8.55.